The molecule has 2 aromatic rings. The first-order valence-electron chi connectivity index (χ1n) is 10.1. The molecule has 2 nitrogen and oxygen atoms in total. The Kier molecular flexibility index (Phi) is 8.32. The Morgan fingerprint density at radius 2 is 1.85 bits per heavy atom. The maximum absolute atomic E-state index is 12.5. The summed E-state index contributed by atoms with van der Waals surface area (Å²) in [5.74, 6) is 0.121. The fourth-order valence-electron chi connectivity index (χ4n) is 3.57. The van der Waals surface area contributed by atoms with Gasteiger partial charge < -0.3 is 4.74 Å². The van der Waals surface area contributed by atoms with Crippen molar-refractivity contribution in [2.24, 2.45) is 0 Å². The van der Waals surface area contributed by atoms with Crippen LogP contribution in [0.3, 0.4) is 0 Å². The van der Waals surface area contributed by atoms with Crippen molar-refractivity contribution in [2.75, 3.05) is 6.61 Å². The molecule has 0 aliphatic rings. The third kappa shape index (κ3) is 5.56. The Labute approximate surface area is 164 Å². The van der Waals surface area contributed by atoms with Crippen molar-refractivity contribution in [3.63, 3.8) is 0 Å². The zero-order valence-corrected chi connectivity index (χ0v) is 17.0. The molecule has 1 unspecified atom stereocenters. The first-order valence-corrected chi connectivity index (χ1v) is 10.1. The second-order valence-corrected chi connectivity index (χ2v) is 7.02. The number of aryl methyl sites for hydroxylation is 1. The number of rotatable bonds is 10. The molecule has 0 saturated carbocycles. The number of hydrogen-bond acceptors (Lipinski definition) is 2. The molecular weight excluding hydrogens is 332 g/mol. The molecule has 0 amide bonds. The van der Waals surface area contributed by atoms with Gasteiger partial charge in [0.2, 0.25) is 0 Å². The van der Waals surface area contributed by atoms with Crippen LogP contribution in [0.2, 0.25) is 0 Å². The van der Waals surface area contributed by atoms with Crippen LogP contribution < -0.4 is 0 Å². The molecule has 0 saturated heterocycles. The molecule has 0 aliphatic heterocycles. The molecule has 0 heterocycles. The van der Waals surface area contributed by atoms with E-state index < -0.39 is 0 Å². The monoisotopic (exact) mass is 364 g/mol. The molecule has 0 N–H and O–H groups in total. The van der Waals surface area contributed by atoms with Crippen molar-refractivity contribution >= 4 is 12.0 Å². The summed E-state index contributed by atoms with van der Waals surface area (Å²) >= 11 is 0. The Bertz CT molecular complexity index is 746. The van der Waals surface area contributed by atoms with E-state index in [1.54, 1.807) is 0 Å². The van der Waals surface area contributed by atoms with Crippen LogP contribution in [0.1, 0.15) is 78.6 Å². The van der Waals surface area contributed by atoms with Crippen molar-refractivity contribution < 1.29 is 9.53 Å². The molecule has 0 spiro atoms. The Morgan fingerprint density at radius 1 is 1.11 bits per heavy atom. The Hall–Kier alpha value is -2.35. The maximum Gasteiger partial charge on any atom is 0.338 e. The fourth-order valence-corrected chi connectivity index (χ4v) is 3.57. The SMILES string of the molecule is C=Cc1c(CCC)cc(C(=O)OCCC)cc1C(CC)Cc1ccccc1. The normalized spacial score (nSPS) is 11.8. The second-order valence-electron chi connectivity index (χ2n) is 7.02. The molecule has 2 rings (SSSR count). The van der Waals surface area contributed by atoms with Crippen molar-refractivity contribution in [3.8, 4) is 0 Å². The maximum atomic E-state index is 12.5. The average molecular weight is 365 g/mol. The largest absolute Gasteiger partial charge is 0.462 e. The molecule has 0 fully saturated rings. The highest BCUT2D eigenvalue weighted by atomic mass is 16.5. The molecule has 0 aromatic heterocycles. The number of ether oxygens (including phenoxy) is 1. The van der Waals surface area contributed by atoms with E-state index in [1.807, 2.05) is 31.2 Å². The lowest BCUT2D eigenvalue weighted by Gasteiger charge is -2.22. The van der Waals surface area contributed by atoms with Gasteiger partial charge in [-0.15, -0.1) is 0 Å². The van der Waals surface area contributed by atoms with Crippen LogP contribution in [-0.2, 0) is 17.6 Å². The van der Waals surface area contributed by atoms with Crippen LogP contribution in [0.15, 0.2) is 49.0 Å². The van der Waals surface area contributed by atoms with Crippen LogP contribution in [0, 0.1) is 0 Å². The standard InChI is InChI=1S/C25H32O2/c1-5-12-21-17-22(25(26)27-15-6-2)18-24(23(21)8-4)20(7-3)16-19-13-10-9-11-14-19/h8-11,13-14,17-18,20H,4-7,12,15-16H2,1-3H3. The summed E-state index contributed by atoms with van der Waals surface area (Å²) in [6.07, 6.45) is 6.71. The number of esters is 1. The molecule has 2 heteroatoms. The topological polar surface area (TPSA) is 26.3 Å². The van der Waals surface area contributed by atoms with Gasteiger partial charge in [0.15, 0.2) is 0 Å². The first kappa shape index (κ1) is 21.0. The van der Waals surface area contributed by atoms with Crippen molar-refractivity contribution in [1.82, 2.24) is 0 Å². The smallest absolute Gasteiger partial charge is 0.338 e. The van der Waals surface area contributed by atoms with Gasteiger partial charge >= 0.3 is 5.97 Å². The van der Waals surface area contributed by atoms with Gasteiger partial charge in [0.05, 0.1) is 12.2 Å². The first-order chi connectivity index (χ1) is 13.1. The molecular formula is C25H32O2. The van der Waals surface area contributed by atoms with Crippen LogP contribution in [0.25, 0.3) is 6.08 Å². The highest BCUT2D eigenvalue weighted by Gasteiger charge is 2.19. The lowest BCUT2D eigenvalue weighted by atomic mass is 9.83. The van der Waals surface area contributed by atoms with E-state index in [1.165, 1.54) is 22.3 Å². The lowest BCUT2D eigenvalue weighted by Crippen LogP contribution is -2.12. The third-order valence-electron chi connectivity index (χ3n) is 4.95. The van der Waals surface area contributed by atoms with Crippen LogP contribution in [0.5, 0.6) is 0 Å². The average Bonchev–Trinajstić information content (AvgIpc) is 2.70. The van der Waals surface area contributed by atoms with E-state index in [0.717, 1.165) is 32.1 Å². The minimum absolute atomic E-state index is 0.222. The number of carbonyl (C=O) groups is 1. The lowest BCUT2D eigenvalue weighted by molar-refractivity contribution is 0.0505. The van der Waals surface area contributed by atoms with Crippen molar-refractivity contribution in [2.45, 2.75) is 58.8 Å². The van der Waals surface area contributed by atoms with E-state index in [9.17, 15) is 4.79 Å². The van der Waals surface area contributed by atoms with Gasteiger partial charge in [0, 0.05) is 0 Å². The van der Waals surface area contributed by atoms with Gasteiger partial charge in [-0.25, -0.2) is 4.79 Å². The molecule has 0 aliphatic carbocycles. The molecule has 1 atom stereocenters. The summed E-state index contributed by atoms with van der Waals surface area (Å²) in [5.41, 5.74) is 5.58. The van der Waals surface area contributed by atoms with E-state index in [0.29, 0.717) is 18.1 Å². The van der Waals surface area contributed by atoms with E-state index in [-0.39, 0.29) is 5.97 Å². The Morgan fingerprint density at radius 3 is 2.44 bits per heavy atom. The minimum atomic E-state index is -0.222. The minimum Gasteiger partial charge on any atom is -0.462 e. The van der Waals surface area contributed by atoms with Gasteiger partial charge in [-0.05, 0) is 66.0 Å². The summed E-state index contributed by atoms with van der Waals surface area (Å²) in [6.45, 7) is 10.9. The number of hydrogen-bond donors (Lipinski definition) is 0. The van der Waals surface area contributed by atoms with Crippen LogP contribution in [0.4, 0.5) is 0 Å². The summed E-state index contributed by atoms with van der Waals surface area (Å²) < 4.78 is 5.41. The highest BCUT2D eigenvalue weighted by molar-refractivity contribution is 5.90. The molecule has 27 heavy (non-hydrogen) atoms. The van der Waals surface area contributed by atoms with Crippen LogP contribution in [-0.4, -0.2) is 12.6 Å². The molecule has 0 bridgehead atoms. The van der Waals surface area contributed by atoms with E-state index in [2.05, 4.69) is 44.7 Å². The van der Waals surface area contributed by atoms with Gasteiger partial charge in [-0.3, -0.25) is 0 Å². The van der Waals surface area contributed by atoms with Gasteiger partial charge in [0.25, 0.3) is 0 Å². The highest BCUT2D eigenvalue weighted by Crippen LogP contribution is 2.32. The van der Waals surface area contributed by atoms with E-state index in [4.69, 9.17) is 4.74 Å². The molecule has 144 valence electrons. The van der Waals surface area contributed by atoms with Crippen molar-refractivity contribution in [3.05, 3.63) is 76.9 Å². The van der Waals surface area contributed by atoms with Gasteiger partial charge in [-0.1, -0.05) is 70.2 Å². The zero-order valence-electron chi connectivity index (χ0n) is 17.0. The summed E-state index contributed by atoms with van der Waals surface area (Å²) in [5, 5.41) is 0. The quantitative estimate of drug-likeness (QED) is 0.445. The third-order valence-corrected chi connectivity index (χ3v) is 4.95. The van der Waals surface area contributed by atoms with Gasteiger partial charge in [-0.2, -0.15) is 0 Å². The molecule has 2 aromatic carbocycles. The number of carbonyl (C=O) groups excluding carboxylic acids is 1. The predicted molar refractivity (Wildman–Crippen MR) is 114 cm³/mol. The fraction of sp³-hybridized carbons (Fsp3) is 0.400. The van der Waals surface area contributed by atoms with Crippen molar-refractivity contribution in [1.29, 1.82) is 0 Å². The summed E-state index contributed by atoms with van der Waals surface area (Å²) in [4.78, 5) is 12.5. The summed E-state index contributed by atoms with van der Waals surface area (Å²) in [7, 11) is 0. The van der Waals surface area contributed by atoms with E-state index >= 15 is 0 Å². The second kappa shape index (κ2) is 10.7. The Balaban J connectivity index is 2.47. The molecule has 0 radical (unpaired) electrons. The summed E-state index contributed by atoms with van der Waals surface area (Å²) in [6, 6.07) is 14.6. The van der Waals surface area contributed by atoms with Gasteiger partial charge in [0.1, 0.15) is 0 Å². The predicted octanol–water partition coefficient (Wildman–Crippen LogP) is 6.59. The number of benzene rings is 2. The van der Waals surface area contributed by atoms with Crippen LogP contribution >= 0.6 is 0 Å². The zero-order chi connectivity index (χ0) is 19.6.